The molecule has 0 aliphatic carbocycles. The molecule has 3 nitrogen and oxygen atoms in total. The first-order valence-corrected chi connectivity index (χ1v) is 4.38. The number of pyridine rings is 1. The predicted octanol–water partition coefficient (Wildman–Crippen LogP) is 1.37. The Morgan fingerprint density at radius 3 is 2.85 bits per heavy atom. The smallest absolute Gasteiger partial charge is 0.210 e. The standard InChI is InChI=1S/C10H14N2O/c1-3-12(8-13)7-10-6-4-5-9(2)11-10/h4-6,8H,3,7H2,1-2H3. The SMILES string of the molecule is CCN(C=O)Cc1cccc(C)n1. The van der Waals surface area contributed by atoms with E-state index in [1.165, 1.54) is 0 Å². The molecule has 0 N–H and O–H groups in total. The van der Waals surface area contributed by atoms with Crippen LogP contribution in [-0.2, 0) is 11.3 Å². The number of carbonyl (C=O) groups is 1. The molecule has 1 aromatic heterocycles. The molecule has 0 fully saturated rings. The van der Waals surface area contributed by atoms with Crippen molar-refractivity contribution in [2.24, 2.45) is 0 Å². The van der Waals surface area contributed by atoms with Gasteiger partial charge in [-0.1, -0.05) is 6.07 Å². The average molecular weight is 178 g/mol. The zero-order chi connectivity index (χ0) is 9.68. The van der Waals surface area contributed by atoms with E-state index >= 15 is 0 Å². The first kappa shape index (κ1) is 9.71. The van der Waals surface area contributed by atoms with Gasteiger partial charge in [-0.15, -0.1) is 0 Å². The van der Waals surface area contributed by atoms with Crippen LogP contribution in [0.15, 0.2) is 18.2 Å². The molecule has 0 atom stereocenters. The minimum Gasteiger partial charge on any atom is -0.340 e. The second-order valence-electron chi connectivity index (χ2n) is 2.94. The normalized spacial score (nSPS) is 9.69. The molecule has 0 saturated carbocycles. The molecule has 1 rings (SSSR count). The molecular formula is C10H14N2O. The second kappa shape index (κ2) is 4.60. The van der Waals surface area contributed by atoms with Crippen LogP contribution in [0.25, 0.3) is 0 Å². The molecule has 0 aliphatic heterocycles. The Bertz CT molecular complexity index is 286. The molecule has 70 valence electrons. The van der Waals surface area contributed by atoms with Crippen LogP contribution in [-0.4, -0.2) is 22.8 Å². The average Bonchev–Trinajstić information content (AvgIpc) is 2.14. The Morgan fingerprint density at radius 2 is 2.31 bits per heavy atom. The van der Waals surface area contributed by atoms with E-state index in [9.17, 15) is 4.79 Å². The Morgan fingerprint density at radius 1 is 1.54 bits per heavy atom. The molecule has 1 aromatic rings. The molecule has 0 unspecified atom stereocenters. The largest absolute Gasteiger partial charge is 0.340 e. The van der Waals surface area contributed by atoms with Crippen LogP contribution in [0.1, 0.15) is 18.3 Å². The highest BCUT2D eigenvalue weighted by Crippen LogP contribution is 2.01. The molecule has 13 heavy (non-hydrogen) atoms. The van der Waals surface area contributed by atoms with Gasteiger partial charge in [-0.3, -0.25) is 9.78 Å². The molecule has 0 aliphatic rings. The summed E-state index contributed by atoms with van der Waals surface area (Å²) in [5.74, 6) is 0. The summed E-state index contributed by atoms with van der Waals surface area (Å²) in [5.41, 5.74) is 1.92. The lowest BCUT2D eigenvalue weighted by atomic mass is 10.3. The van der Waals surface area contributed by atoms with Crippen LogP contribution in [0, 0.1) is 6.92 Å². The third-order valence-electron chi connectivity index (χ3n) is 1.87. The fraction of sp³-hybridized carbons (Fsp3) is 0.400. The fourth-order valence-electron chi connectivity index (χ4n) is 1.12. The molecule has 1 amide bonds. The third-order valence-corrected chi connectivity index (χ3v) is 1.87. The van der Waals surface area contributed by atoms with Gasteiger partial charge in [-0.2, -0.15) is 0 Å². The molecule has 1 heterocycles. The Hall–Kier alpha value is -1.38. The number of hydrogen-bond acceptors (Lipinski definition) is 2. The van der Waals surface area contributed by atoms with Crippen molar-refractivity contribution in [2.75, 3.05) is 6.54 Å². The van der Waals surface area contributed by atoms with Crippen molar-refractivity contribution in [2.45, 2.75) is 20.4 Å². The monoisotopic (exact) mass is 178 g/mol. The van der Waals surface area contributed by atoms with Gasteiger partial charge in [0.1, 0.15) is 0 Å². The Labute approximate surface area is 78.4 Å². The van der Waals surface area contributed by atoms with Crippen molar-refractivity contribution in [3.63, 3.8) is 0 Å². The summed E-state index contributed by atoms with van der Waals surface area (Å²) in [4.78, 5) is 16.5. The number of aromatic nitrogens is 1. The fourth-order valence-corrected chi connectivity index (χ4v) is 1.12. The quantitative estimate of drug-likeness (QED) is 0.652. The highest BCUT2D eigenvalue weighted by molar-refractivity contribution is 5.46. The maximum atomic E-state index is 10.5. The van der Waals surface area contributed by atoms with E-state index in [2.05, 4.69) is 4.98 Å². The van der Waals surface area contributed by atoms with E-state index in [0.29, 0.717) is 6.54 Å². The molecule has 0 aromatic carbocycles. The second-order valence-corrected chi connectivity index (χ2v) is 2.94. The van der Waals surface area contributed by atoms with E-state index in [1.807, 2.05) is 32.0 Å². The lowest BCUT2D eigenvalue weighted by Crippen LogP contribution is -2.21. The van der Waals surface area contributed by atoms with Gasteiger partial charge in [0, 0.05) is 12.2 Å². The Balaban J connectivity index is 2.67. The lowest BCUT2D eigenvalue weighted by Gasteiger charge is -2.13. The summed E-state index contributed by atoms with van der Waals surface area (Å²) in [5, 5.41) is 0. The van der Waals surface area contributed by atoms with Gasteiger partial charge in [-0.25, -0.2) is 0 Å². The van der Waals surface area contributed by atoms with E-state index in [0.717, 1.165) is 24.3 Å². The Kier molecular flexibility index (Phi) is 3.43. The van der Waals surface area contributed by atoms with Crippen molar-refractivity contribution in [3.05, 3.63) is 29.6 Å². The van der Waals surface area contributed by atoms with Gasteiger partial charge in [0.05, 0.1) is 12.2 Å². The summed E-state index contributed by atoms with van der Waals surface area (Å²) in [6.07, 6.45) is 0.851. The van der Waals surface area contributed by atoms with Gasteiger partial charge in [0.25, 0.3) is 0 Å². The van der Waals surface area contributed by atoms with Gasteiger partial charge in [0.15, 0.2) is 0 Å². The van der Waals surface area contributed by atoms with E-state index < -0.39 is 0 Å². The summed E-state index contributed by atoms with van der Waals surface area (Å²) in [6, 6.07) is 5.83. The van der Waals surface area contributed by atoms with Gasteiger partial charge in [0.2, 0.25) is 6.41 Å². The maximum Gasteiger partial charge on any atom is 0.210 e. The van der Waals surface area contributed by atoms with Gasteiger partial charge >= 0.3 is 0 Å². The zero-order valence-corrected chi connectivity index (χ0v) is 8.03. The van der Waals surface area contributed by atoms with Crippen LogP contribution in [0.5, 0.6) is 0 Å². The van der Waals surface area contributed by atoms with Crippen molar-refractivity contribution in [1.82, 2.24) is 9.88 Å². The molecule has 3 heteroatoms. The van der Waals surface area contributed by atoms with Crippen LogP contribution in [0.2, 0.25) is 0 Å². The summed E-state index contributed by atoms with van der Waals surface area (Å²) < 4.78 is 0. The topological polar surface area (TPSA) is 33.2 Å². The summed E-state index contributed by atoms with van der Waals surface area (Å²) in [6.45, 7) is 5.21. The van der Waals surface area contributed by atoms with Gasteiger partial charge < -0.3 is 4.90 Å². The zero-order valence-electron chi connectivity index (χ0n) is 8.03. The molecule has 0 spiro atoms. The number of amides is 1. The van der Waals surface area contributed by atoms with Crippen molar-refractivity contribution >= 4 is 6.41 Å². The first-order valence-electron chi connectivity index (χ1n) is 4.38. The number of nitrogens with zero attached hydrogens (tertiary/aromatic N) is 2. The maximum absolute atomic E-state index is 10.5. The molecule has 0 radical (unpaired) electrons. The van der Waals surface area contributed by atoms with E-state index in [1.54, 1.807) is 4.90 Å². The summed E-state index contributed by atoms with van der Waals surface area (Å²) in [7, 11) is 0. The number of hydrogen-bond donors (Lipinski definition) is 0. The number of aryl methyl sites for hydroxylation is 1. The lowest BCUT2D eigenvalue weighted by molar-refractivity contribution is -0.118. The van der Waals surface area contributed by atoms with Crippen LogP contribution in [0.4, 0.5) is 0 Å². The molecule has 0 saturated heterocycles. The van der Waals surface area contributed by atoms with Crippen molar-refractivity contribution in [3.8, 4) is 0 Å². The van der Waals surface area contributed by atoms with Crippen molar-refractivity contribution in [1.29, 1.82) is 0 Å². The first-order chi connectivity index (χ1) is 6.26. The van der Waals surface area contributed by atoms with E-state index in [4.69, 9.17) is 0 Å². The van der Waals surface area contributed by atoms with Crippen LogP contribution >= 0.6 is 0 Å². The molecular weight excluding hydrogens is 164 g/mol. The van der Waals surface area contributed by atoms with E-state index in [-0.39, 0.29) is 0 Å². The third kappa shape index (κ3) is 2.86. The van der Waals surface area contributed by atoms with Crippen LogP contribution < -0.4 is 0 Å². The molecule has 0 bridgehead atoms. The van der Waals surface area contributed by atoms with Gasteiger partial charge in [-0.05, 0) is 26.0 Å². The highest BCUT2D eigenvalue weighted by atomic mass is 16.1. The number of carbonyl (C=O) groups excluding carboxylic acids is 1. The predicted molar refractivity (Wildman–Crippen MR) is 51.1 cm³/mol. The van der Waals surface area contributed by atoms with Crippen LogP contribution in [0.3, 0.4) is 0 Å². The highest BCUT2D eigenvalue weighted by Gasteiger charge is 2.00. The summed E-state index contributed by atoms with van der Waals surface area (Å²) >= 11 is 0. The minimum absolute atomic E-state index is 0.599. The number of rotatable bonds is 4. The van der Waals surface area contributed by atoms with Crippen molar-refractivity contribution < 1.29 is 4.79 Å². The minimum atomic E-state index is 0.599.